The molecule has 21 heavy (non-hydrogen) atoms. The SMILES string of the molecule is CC(C)OC(=O)CC(NC(=O)C1CC1)c1ccccc1Cl. The lowest BCUT2D eigenvalue weighted by atomic mass is 10.0. The topological polar surface area (TPSA) is 55.4 Å². The van der Waals surface area contributed by atoms with Crippen LogP contribution in [0.3, 0.4) is 0 Å². The minimum Gasteiger partial charge on any atom is -0.463 e. The van der Waals surface area contributed by atoms with E-state index in [1.807, 2.05) is 18.2 Å². The molecule has 2 rings (SSSR count). The fourth-order valence-electron chi connectivity index (χ4n) is 2.11. The average molecular weight is 310 g/mol. The van der Waals surface area contributed by atoms with E-state index in [-0.39, 0.29) is 30.3 Å². The number of benzene rings is 1. The molecule has 1 aliphatic carbocycles. The lowest BCUT2D eigenvalue weighted by molar-refractivity contribution is -0.148. The van der Waals surface area contributed by atoms with Gasteiger partial charge in [-0.25, -0.2) is 0 Å². The van der Waals surface area contributed by atoms with Crippen molar-refractivity contribution in [2.75, 3.05) is 0 Å². The number of nitrogens with one attached hydrogen (secondary N) is 1. The summed E-state index contributed by atoms with van der Waals surface area (Å²) in [6.45, 7) is 3.59. The Labute approximate surface area is 129 Å². The summed E-state index contributed by atoms with van der Waals surface area (Å²) in [6, 6.07) is 6.78. The molecule has 0 radical (unpaired) electrons. The predicted molar refractivity (Wildman–Crippen MR) is 80.9 cm³/mol. The summed E-state index contributed by atoms with van der Waals surface area (Å²) in [4.78, 5) is 23.9. The summed E-state index contributed by atoms with van der Waals surface area (Å²) in [5.74, 6) is -0.278. The predicted octanol–water partition coefficient (Wildman–Crippen LogP) is 3.25. The van der Waals surface area contributed by atoms with Crippen molar-refractivity contribution >= 4 is 23.5 Å². The van der Waals surface area contributed by atoms with Crippen molar-refractivity contribution in [3.05, 3.63) is 34.9 Å². The number of amides is 1. The zero-order valence-corrected chi connectivity index (χ0v) is 13.0. The minimum absolute atomic E-state index is 0.0164. The van der Waals surface area contributed by atoms with E-state index in [1.165, 1.54) is 0 Å². The van der Waals surface area contributed by atoms with Gasteiger partial charge >= 0.3 is 5.97 Å². The number of hydrogen-bond acceptors (Lipinski definition) is 3. The number of esters is 1. The van der Waals surface area contributed by atoms with Crippen molar-refractivity contribution in [2.45, 2.75) is 45.3 Å². The van der Waals surface area contributed by atoms with E-state index in [1.54, 1.807) is 19.9 Å². The summed E-state index contributed by atoms with van der Waals surface area (Å²) in [7, 11) is 0. The number of hydrogen-bond donors (Lipinski definition) is 1. The molecule has 1 aliphatic rings. The maximum atomic E-state index is 12.0. The van der Waals surface area contributed by atoms with Crippen LogP contribution in [0.15, 0.2) is 24.3 Å². The molecule has 1 N–H and O–H groups in total. The second kappa shape index (κ2) is 6.94. The molecule has 1 unspecified atom stereocenters. The zero-order chi connectivity index (χ0) is 15.4. The van der Waals surface area contributed by atoms with Crippen LogP contribution >= 0.6 is 11.6 Å². The Balaban J connectivity index is 2.11. The number of carbonyl (C=O) groups is 2. The van der Waals surface area contributed by atoms with Gasteiger partial charge in [-0.2, -0.15) is 0 Å². The third-order valence-corrected chi connectivity index (χ3v) is 3.63. The highest BCUT2D eigenvalue weighted by Crippen LogP contribution is 2.31. The standard InChI is InChI=1S/C16H20ClNO3/c1-10(2)21-15(19)9-14(18-16(20)11-7-8-11)12-5-3-4-6-13(12)17/h3-6,10-11,14H,7-9H2,1-2H3,(H,18,20). The molecule has 0 bridgehead atoms. The summed E-state index contributed by atoms with van der Waals surface area (Å²) in [5.41, 5.74) is 0.744. The number of carbonyl (C=O) groups excluding carboxylic acids is 2. The van der Waals surface area contributed by atoms with E-state index in [9.17, 15) is 9.59 Å². The van der Waals surface area contributed by atoms with Gasteiger partial charge in [-0.3, -0.25) is 9.59 Å². The van der Waals surface area contributed by atoms with Crippen LogP contribution in [-0.4, -0.2) is 18.0 Å². The van der Waals surface area contributed by atoms with Crippen molar-refractivity contribution < 1.29 is 14.3 Å². The molecule has 0 spiro atoms. The number of halogens is 1. The average Bonchev–Trinajstić information content (AvgIpc) is 3.21. The Morgan fingerprint density at radius 3 is 2.57 bits per heavy atom. The zero-order valence-electron chi connectivity index (χ0n) is 12.3. The lowest BCUT2D eigenvalue weighted by Gasteiger charge is -2.20. The van der Waals surface area contributed by atoms with Crippen LogP contribution in [0.4, 0.5) is 0 Å². The fourth-order valence-corrected chi connectivity index (χ4v) is 2.38. The van der Waals surface area contributed by atoms with E-state index in [0.717, 1.165) is 18.4 Å². The smallest absolute Gasteiger partial charge is 0.308 e. The van der Waals surface area contributed by atoms with E-state index < -0.39 is 6.04 Å². The Morgan fingerprint density at radius 2 is 2.00 bits per heavy atom. The van der Waals surface area contributed by atoms with Gasteiger partial charge in [-0.15, -0.1) is 0 Å². The maximum absolute atomic E-state index is 12.0. The molecule has 1 amide bonds. The van der Waals surface area contributed by atoms with Crippen LogP contribution in [0, 0.1) is 5.92 Å². The highest BCUT2D eigenvalue weighted by Gasteiger charge is 2.32. The first kappa shape index (κ1) is 15.8. The van der Waals surface area contributed by atoms with Crippen molar-refractivity contribution in [3.63, 3.8) is 0 Å². The molecule has 114 valence electrons. The van der Waals surface area contributed by atoms with Gasteiger partial charge < -0.3 is 10.1 Å². The normalized spacial score (nSPS) is 15.6. The second-order valence-corrected chi connectivity index (χ2v) is 6.01. The maximum Gasteiger partial charge on any atom is 0.308 e. The van der Waals surface area contributed by atoms with Gasteiger partial charge in [0.15, 0.2) is 0 Å². The summed E-state index contributed by atoms with van der Waals surface area (Å²) in [6.07, 6.45) is 1.73. The van der Waals surface area contributed by atoms with Gasteiger partial charge in [0.2, 0.25) is 5.91 Å². The van der Waals surface area contributed by atoms with Crippen molar-refractivity contribution in [3.8, 4) is 0 Å². The molecule has 1 fully saturated rings. The monoisotopic (exact) mass is 309 g/mol. The minimum atomic E-state index is -0.446. The van der Waals surface area contributed by atoms with Gasteiger partial charge in [0, 0.05) is 10.9 Å². The molecule has 5 heteroatoms. The fraction of sp³-hybridized carbons (Fsp3) is 0.500. The molecule has 0 heterocycles. The molecule has 1 atom stereocenters. The molecular weight excluding hydrogens is 290 g/mol. The molecule has 4 nitrogen and oxygen atoms in total. The third-order valence-electron chi connectivity index (χ3n) is 3.28. The Hall–Kier alpha value is -1.55. The van der Waals surface area contributed by atoms with Crippen LogP contribution in [0.5, 0.6) is 0 Å². The highest BCUT2D eigenvalue weighted by atomic mass is 35.5. The van der Waals surface area contributed by atoms with Gasteiger partial charge in [-0.1, -0.05) is 29.8 Å². The van der Waals surface area contributed by atoms with E-state index in [0.29, 0.717) is 5.02 Å². The first-order valence-electron chi connectivity index (χ1n) is 7.21. The van der Waals surface area contributed by atoms with Crippen LogP contribution < -0.4 is 5.32 Å². The summed E-state index contributed by atoms with van der Waals surface area (Å²) >= 11 is 6.18. The summed E-state index contributed by atoms with van der Waals surface area (Å²) in [5, 5.41) is 3.45. The highest BCUT2D eigenvalue weighted by molar-refractivity contribution is 6.31. The van der Waals surface area contributed by atoms with Crippen molar-refractivity contribution in [2.24, 2.45) is 5.92 Å². The van der Waals surface area contributed by atoms with Gasteiger partial charge in [0.25, 0.3) is 0 Å². The number of rotatable bonds is 6. The van der Waals surface area contributed by atoms with Gasteiger partial charge in [0.05, 0.1) is 18.6 Å². The molecule has 0 aromatic heterocycles. The Morgan fingerprint density at radius 1 is 1.33 bits per heavy atom. The summed E-state index contributed by atoms with van der Waals surface area (Å²) < 4.78 is 5.17. The van der Waals surface area contributed by atoms with E-state index >= 15 is 0 Å². The van der Waals surface area contributed by atoms with Crippen LogP contribution in [0.2, 0.25) is 5.02 Å². The molecule has 1 aromatic rings. The van der Waals surface area contributed by atoms with Crippen LogP contribution in [0.1, 0.15) is 44.7 Å². The molecule has 0 aliphatic heterocycles. The first-order valence-corrected chi connectivity index (χ1v) is 7.59. The van der Waals surface area contributed by atoms with E-state index in [2.05, 4.69) is 5.32 Å². The van der Waals surface area contributed by atoms with Crippen molar-refractivity contribution in [1.29, 1.82) is 0 Å². The van der Waals surface area contributed by atoms with Crippen LogP contribution in [0.25, 0.3) is 0 Å². The van der Waals surface area contributed by atoms with Gasteiger partial charge in [-0.05, 0) is 38.3 Å². The van der Waals surface area contributed by atoms with Crippen molar-refractivity contribution in [1.82, 2.24) is 5.32 Å². The quantitative estimate of drug-likeness (QED) is 0.821. The Kier molecular flexibility index (Phi) is 5.23. The van der Waals surface area contributed by atoms with E-state index in [4.69, 9.17) is 16.3 Å². The molecular formula is C16H20ClNO3. The second-order valence-electron chi connectivity index (χ2n) is 5.60. The van der Waals surface area contributed by atoms with Gasteiger partial charge in [0.1, 0.15) is 0 Å². The molecule has 1 saturated carbocycles. The third kappa shape index (κ3) is 4.74. The largest absolute Gasteiger partial charge is 0.463 e. The first-order chi connectivity index (χ1) is 9.97. The molecule has 0 saturated heterocycles. The number of ether oxygens (including phenoxy) is 1. The Bertz CT molecular complexity index is 526. The molecule has 1 aromatic carbocycles. The lowest BCUT2D eigenvalue weighted by Crippen LogP contribution is -2.32. The van der Waals surface area contributed by atoms with Crippen LogP contribution in [-0.2, 0) is 14.3 Å².